The number of ether oxygens (including phenoxy) is 1. The van der Waals surface area contributed by atoms with E-state index in [1.54, 1.807) is 6.92 Å². The van der Waals surface area contributed by atoms with Crippen molar-refractivity contribution < 1.29 is 9.53 Å². The highest BCUT2D eigenvalue weighted by molar-refractivity contribution is 9.11. The molecule has 0 heterocycles. The van der Waals surface area contributed by atoms with E-state index in [2.05, 4.69) is 37.2 Å². The quantitative estimate of drug-likeness (QED) is 0.726. The number of halogens is 2. The van der Waals surface area contributed by atoms with Crippen LogP contribution in [0.3, 0.4) is 0 Å². The fraction of sp³-hybridized carbons (Fsp3) is 0.235. The van der Waals surface area contributed by atoms with Crippen molar-refractivity contribution in [3.05, 3.63) is 56.5 Å². The van der Waals surface area contributed by atoms with Gasteiger partial charge in [-0.25, -0.2) is 0 Å². The molecular formula is C17H17Br2NO2. The minimum absolute atomic E-state index is 0.174. The maximum Gasteiger partial charge on any atom is 0.265 e. The van der Waals surface area contributed by atoms with Crippen LogP contribution < -0.4 is 10.1 Å². The Bertz CT molecular complexity index is 681. The molecule has 2 aromatic carbocycles. The van der Waals surface area contributed by atoms with Crippen LogP contribution in [-0.2, 0) is 4.79 Å². The van der Waals surface area contributed by atoms with Crippen LogP contribution in [0.15, 0.2) is 45.3 Å². The van der Waals surface area contributed by atoms with E-state index >= 15 is 0 Å². The number of para-hydroxylation sites is 1. The van der Waals surface area contributed by atoms with Gasteiger partial charge in [0.25, 0.3) is 5.91 Å². The highest BCUT2D eigenvalue weighted by Crippen LogP contribution is 2.29. The predicted molar refractivity (Wildman–Crippen MR) is 96.5 cm³/mol. The molecule has 0 saturated carbocycles. The second kappa shape index (κ2) is 7.29. The first-order valence-electron chi connectivity index (χ1n) is 6.87. The minimum atomic E-state index is -0.600. The van der Waals surface area contributed by atoms with Crippen LogP contribution in [0, 0.1) is 13.8 Å². The molecule has 0 spiro atoms. The third-order valence-electron chi connectivity index (χ3n) is 3.30. The van der Waals surface area contributed by atoms with E-state index in [1.807, 2.05) is 50.2 Å². The van der Waals surface area contributed by atoms with Crippen molar-refractivity contribution in [1.82, 2.24) is 0 Å². The number of hydrogen-bond acceptors (Lipinski definition) is 2. The Morgan fingerprint density at radius 1 is 1.14 bits per heavy atom. The van der Waals surface area contributed by atoms with Crippen molar-refractivity contribution in [3.8, 4) is 5.75 Å². The zero-order valence-electron chi connectivity index (χ0n) is 12.6. The van der Waals surface area contributed by atoms with Gasteiger partial charge in [-0.2, -0.15) is 0 Å². The van der Waals surface area contributed by atoms with E-state index < -0.39 is 6.10 Å². The Kier molecular flexibility index (Phi) is 5.64. The second-order valence-electron chi connectivity index (χ2n) is 5.09. The van der Waals surface area contributed by atoms with Gasteiger partial charge in [-0.3, -0.25) is 4.79 Å². The maximum absolute atomic E-state index is 12.3. The van der Waals surface area contributed by atoms with Gasteiger partial charge in [0, 0.05) is 10.2 Å². The standard InChI is InChI=1S/C17H17Br2NO2/c1-10-5-4-6-11(2)16(10)20-17(21)12(3)22-15-8-7-13(18)9-14(15)19/h4-9,12H,1-3H3,(H,20,21). The highest BCUT2D eigenvalue weighted by Gasteiger charge is 2.17. The number of hydrogen-bond donors (Lipinski definition) is 1. The van der Waals surface area contributed by atoms with Crippen LogP contribution in [0.4, 0.5) is 5.69 Å². The topological polar surface area (TPSA) is 38.3 Å². The number of benzene rings is 2. The van der Waals surface area contributed by atoms with Crippen molar-refractivity contribution in [2.45, 2.75) is 26.9 Å². The molecule has 5 heteroatoms. The van der Waals surface area contributed by atoms with Crippen molar-refractivity contribution in [1.29, 1.82) is 0 Å². The number of anilines is 1. The van der Waals surface area contributed by atoms with Gasteiger partial charge in [-0.15, -0.1) is 0 Å². The Hall–Kier alpha value is -1.33. The molecule has 1 unspecified atom stereocenters. The number of nitrogens with one attached hydrogen (secondary N) is 1. The molecule has 0 aromatic heterocycles. The second-order valence-corrected chi connectivity index (χ2v) is 6.86. The Balaban J connectivity index is 2.09. The molecule has 1 N–H and O–H groups in total. The molecule has 1 amide bonds. The maximum atomic E-state index is 12.3. The Labute approximate surface area is 147 Å². The van der Waals surface area contributed by atoms with E-state index in [1.165, 1.54) is 0 Å². The number of aryl methyl sites for hydroxylation is 2. The molecule has 0 radical (unpaired) electrons. The van der Waals surface area contributed by atoms with E-state index in [4.69, 9.17) is 4.74 Å². The number of rotatable bonds is 4. The number of amides is 1. The molecule has 2 rings (SSSR count). The number of carbonyl (C=O) groups excluding carboxylic acids is 1. The van der Waals surface area contributed by atoms with Crippen molar-refractivity contribution in [2.75, 3.05) is 5.32 Å². The lowest BCUT2D eigenvalue weighted by atomic mass is 10.1. The summed E-state index contributed by atoms with van der Waals surface area (Å²) in [5, 5.41) is 2.94. The zero-order valence-corrected chi connectivity index (χ0v) is 15.8. The molecule has 0 bridgehead atoms. The van der Waals surface area contributed by atoms with Gasteiger partial charge in [0.2, 0.25) is 0 Å². The highest BCUT2D eigenvalue weighted by atomic mass is 79.9. The fourth-order valence-electron chi connectivity index (χ4n) is 2.05. The van der Waals surface area contributed by atoms with Crippen LogP contribution in [0.1, 0.15) is 18.1 Å². The minimum Gasteiger partial charge on any atom is -0.480 e. The van der Waals surface area contributed by atoms with Gasteiger partial charge < -0.3 is 10.1 Å². The number of carbonyl (C=O) groups is 1. The van der Waals surface area contributed by atoms with Gasteiger partial charge in [0.15, 0.2) is 6.10 Å². The summed E-state index contributed by atoms with van der Waals surface area (Å²) in [5.74, 6) is 0.458. The summed E-state index contributed by atoms with van der Waals surface area (Å²) in [6.45, 7) is 5.68. The summed E-state index contributed by atoms with van der Waals surface area (Å²) in [6, 6.07) is 11.5. The average molecular weight is 427 g/mol. The van der Waals surface area contributed by atoms with Gasteiger partial charge >= 0.3 is 0 Å². The fourth-order valence-corrected chi connectivity index (χ4v) is 3.19. The molecule has 0 saturated heterocycles. The van der Waals surface area contributed by atoms with Gasteiger partial charge in [0.1, 0.15) is 5.75 Å². The lowest BCUT2D eigenvalue weighted by Crippen LogP contribution is -2.30. The zero-order chi connectivity index (χ0) is 16.3. The van der Waals surface area contributed by atoms with Crippen molar-refractivity contribution in [3.63, 3.8) is 0 Å². The lowest BCUT2D eigenvalue weighted by molar-refractivity contribution is -0.122. The van der Waals surface area contributed by atoms with E-state index in [9.17, 15) is 4.79 Å². The first-order valence-corrected chi connectivity index (χ1v) is 8.46. The lowest BCUT2D eigenvalue weighted by Gasteiger charge is -2.17. The van der Waals surface area contributed by atoms with Crippen LogP contribution in [0.2, 0.25) is 0 Å². The normalized spacial score (nSPS) is 11.9. The van der Waals surface area contributed by atoms with Gasteiger partial charge in [-0.1, -0.05) is 34.1 Å². The molecule has 0 fully saturated rings. The first kappa shape index (κ1) is 17.0. The smallest absolute Gasteiger partial charge is 0.265 e. The molecule has 0 aliphatic rings. The molecule has 1 atom stereocenters. The molecule has 116 valence electrons. The summed E-state index contributed by atoms with van der Waals surface area (Å²) in [5.41, 5.74) is 2.91. The predicted octanol–water partition coefficient (Wildman–Crippen LogP) is 5.23. The SMILES string of the molecule is Cc1cccc(C)c1NC(=O)C(C)Oc1ccc(Br)cc1Br. The summed E-state index contributed by atoms with van der Waals surface area (Å²) in [7, 11) is 0. The van der Waals surface area contributed by atoms with Crippen LogP contribution >= 0.6 is 31.9 Å². The Morgan fingerprint density at radius 2 is 1.77 bits per heavy atom. The van der Waals surface area contributed by atoms with E-state index in [0.717, 1.165) is 25.8 Å². The van der Waals surface area contributed by atoms with Crippen molar-refractivity contribution in [2.24, 2.45) is 0 Å². The summed E-state index contributed by atoms with van der Waals surface area (Å²) < 4.78 is 7.48. The summed E-state index contributed by atoms with van der Waals surface area (Å²) >= 11 is 6.81. The van der Waals surface area contributed by atoms with Crippen molar-refractivity contribution >= 4 is 43.5 Å². The molecular weight excluding hydrogens is 410 g/mol. The van der Waals surface area contributed by atoms with E-state index in [0.29, 0.717) is 5.75 Å². The summed E-state index contributed by atoms with van der Waals surface area (Å²) in [6.07, 6.45) is -0.600. The molecule has 3 nitrogen and oxygen atoms in total. The van der Waals surface area contributed by atoms with Crippen LogP contribution in [0.5, 0.6) is 5.75 Å². The first-order chi connectivity index (χ1) is 10.4. The Morgan fingerprint density at radius 3 is 2.36 bits per heavy atom. The van der Waals surface area contributed by atoms with Crippen LogP contribution in [-0.4, -0.2) is 12.0 Å². The third kappa shape index (κ3) is 4.11. The molecule has 22 heavy (non-hydrogen) atoms. The monoisotopic (exact) mass is 425 g/mol. The third-order valence-corrected chi connectivity index (χ3v) is 4.41. The molecule has 0 aliphatic heterocycles. The molecule has 2 aromatic rings. The van der Waals surface area contributed by atoms with E-state index in [-0.39, 0.29) is 5.91 Å². The largest absolute Gasteiger partial charge is 0.480 e. The average Bonchev–Trinajstić information content (AvgIpc) is 2.45. The van der Waals surface area contributed by atoms with Gasteiger partial charge in [0.05, 0.1) is 4.47 Å². The summed E-state index contributed by atoms with van der Waals surface area (Å²) in [4.78, 5) is 12.3. The molecule has 0 aliphatic carbocycles. The van der Waals surface area contributed by atoms with Crippen LogP contribution in [0.25, 0.3) is 0 Å². The van der Waals surface area contributed by atoms with Gasteiger partial charge in [-0.05, 0) is 66.0 Å².